The van der Waals surface area contributed by atoms with Gasteiger partial charge in [-0.25, -0.2) is 4.79 Å². The van der Waals surface area contributed by atoms with Crippen LogP contribution in [-0.4, -0.2) is 34.3 Å². The number of nitrogens with one attached hydrogen (secondary N) is 2. The standard InChI is InChI=1S/C24H35N3O3/c1-24(2,3)30-23(29)26-20(22(28)25-18-11-7-5-6-8-12-18)15-17-16-27(4)21-14-10-9-13-19(17)21/h9-10,13-14,16,18,20H,5-8,11-12,15H2,1-4H3,(H,25,28)(H,26,29)/t20-/m1/s1. The molecule has 6 nitrogen and oxygen atoms in total. The molecule has 0 saturated heterocycles. The highest BCUT2D eigenvalue weighted by Gasteiger charge is 2.27. The molecule has 1 aromatic heterocycles. The number of benzene rings is 1. The number of amides is 2. The number of aromatic nitrogens is 1. The first-order valence-corrected chi connectivity index (χ1v) is 11.1. The third-order valence-corrected chi connectivity index (χ3v) is 5.61. The number of alkyl carbamates (subject to hydrolysis) is 1. The van der Waals surface area contributed by atoms with E-state index in [1.807, 2.05) is 46.1 Å². The highest BCUT2D eigenvalue weighted by Crippen LogP contribution is 2.22. The second-order valence-electron chi connectivity index (χ2n) is 9.38. The molecular weight excluding hydrogens is 378 g/mol. The summed E-state index contributed by atoms with van der Waals surface area (Å²) in [6.45, 7) is 5.45. The Labute approximate surface area is 179 Å². The van der Waals surface area contributed by atoms with E-state index in [-0.39, 0.29) is 11.9 Å². The predicted octanol–water partition coefficient (Wildman–Crippen LogP) is 4.45. The molecule has 1 saturated carbocycles. The zero-order valence-corrected chi connectivity index (χ0v) is 18.7. The molecule has 2 aromatic rings. The lowest BCUT2D eigenvalue weighted by Crippen LogP contribution is -2.51. The minimum absolute atomic E-state index is 0.138. The fraction of sp³-hybridized carbons (Fsp3) is 0.583. The molecular formula is C24H35N3O3. The molecule has 0 aliphatic heterocycles. The predicted molar refractivity (Wildman–Crippen MR) is 119 cm³/mol. The summed E-state index contributed by atoms with van der Waals surface area (Å²) in [6.07, 6.45) is 8.61. The van der Waals surface area contributed by atoms with Gasteiger partial charge in [0.15, 0.2) is 0 Å². The quantitative estimate of drug-likeness (QED) is 0.711. The molecule has 1 heterocycles. The maximum atomic E-state index is 13.2. The molecule has 1 aromatic carbocycles. The van der Waals surface area contributed by atoms with Gasteiger partial charge in [0.2, 0.25) is 5.91 Å². The van der Waals surface area contributed by atoms with Crippen molar-refractivity contribution in [2.24, 2.45) is 7.05 Å². The van der Waals surface area contributed by atoms with Gasteiger partial charge in [-0.3, -0.25) is 4.79 Å². The van der Waals surface area contributed by atoms with E-state index in [1.54, 1.807) is 0 Å². The lowest BCUT2D eigenvalue weighted by molar-refractivity contribution is -0.124. The van der Waals surface area contributed by atoms with Crippen molar-refractivity contribution >= 4 is 22.9 Å². The number of ether oxygens (including phenoxy) is 1. The van der Waals surface area contributed by atoms with Gasteiger partial charge in [0.05, 0.1) is 0 Å². The fourth-order valence-electron chi connectivity index (χ4n) is 4.19. The Morgan fingerprint density at radius 3 is 2.47 bits per heavy atom. The maximum absolute atomic E-state index is 13.2. The number of hydrogen-bond acceptors (Lipinski definition) is 3. The lowest BCUT2D eigenvalue weighted by atomic mass is 10.0. The largest absolute Gasteiger partial charge is 0.444 e. The van der Waals surface area contributed by atoms with Crippen LogP contribution in [0, 0.1) is 0 Å². The normalized spacial score (nSPS) is 16.7. The Morgan fingerprint density at radius 2 is 1.80 bits per heavy atom. The minimum Gasteiger partial charge on any atom is -0.444 e. The van der Waals surface area contributed by atoms with Crippen LogP contribution in [0.15, 0.2) is 30.5 Å². The van der Waals surface area contributed by atoms with Crippen molar-refractivity contribution in [3.05, 3.63) is 36.0 Å². The van der Waals surface area contributed by atoms with E-state index < -0.39 is 17.7 Å². The number of para-hydroxylation sites is 1. The molecule has 3 rings (SSSR count). The number of fused-ring (bicyclic) bond motifs is 1. The summed E-state index contributed by atoms with van der Waals surface area (Å²) in [6, 6.07) is 7.60. The first kappa shape index (κ1) is 22.2. The third-order valence-electron chi connectivity index (χ3n) is 5.61. The summed E-state index contributed by atoms with van der Waals surface area (Å²) >= 11 is 0. The van der Waals surface area contributed by atoms with Crippen molar-refractivity contribution in [3.63, 3.8) is 0 Å². The lowest BCUT2D eigenvalue weighted by Gasteiger charge is -2.25. The first-order chi connectivity index (χ1) is 14.2. The summed E-state index contributed by atoms with van der Waals surface area (Å²) in [4.78, 5) is 25.6. The van der Waals surface area contributed by atoms with Crippen molar-refractivity contribution in [1.82, 2.24) is 15.2 Å². The SMILES string of the molecule is Cn1cc(C[C@@H](NC(=O)OC(C)(C)C)C(=O)NC2CCCCCC2)c2ccccc21. The molecule has 2 N–H and O–H groups in total. The summed E-state index contributed by atoms with van der Waals surface area (Å²) in [7, 11) is 1.99. The van der Waals surface area contributed by atoms with Crippen LogP contribution in [0.25, 0.3) is 10.9 Å². The Kier molecular flexibility index (Phi) is 7.06. The van der Waals surface area contributed by atoms with Crippen LogP contribution in [0.3, 0.4) is 0 Å². The highest BCUT2D eigenvalue weighted by molar-refractivity contribution is 5.88. The number of rotatable bonds is 5. The summed E-state index contributed by atoms with van der Waals surface area (Å²) in [5.74, 6) is -0.138. The van der Waals surface area contributed by atoms with E-state index in [2.05, 4.69) is 27.3 Å². The molecule has 1 aliphatic carbocycles. The maximum Gasteiger partial charge on any atom is 0.408 e. The summed E-state index contributed by atoms with van der Waals surface area (Å²) in [5.41, 5.74) is 1.52. The van der Waals surface area contributed by atoms with Crippen LogP contribution in [0.2, 0.25) is 0 Å². The fourth-order valence-corrected chi connectivity index (χ4v) is 4.19. The van der Waals surface area contributed by atoms with Gasteiger partial charge in [0, 0.05) is 36.6 Å². The topological polar surface area (TPSA) is 72.4 Å². The highest BCUT2D eigenvalue weighted by atomic mass is 16.6. The molecule has 0 bridgehead atoms. The van der Waals surface area contributed by atoms with Crippen molar-refractivity contribution in [2.75, 3.05) is 0 Å². The van der Waals surface area contributed by atoms with Crippen molar-refractivity contribution in [3.8, 4) is 0 Å². The Hall–Kier alpha value is -2.50. The zero-order valence-electron chi connectivity index (χ0n) is 18.7. The van der Waals surface area contributed by atoms with Crippen molar-refractivity contribution in [2.45, 2.75) is 83.4 Å². The molecule has 30 heavy (non-hydrogen) atoms. The van der Waals surface area contributed by atoms with E-state index in [9.17, 15) is 9.59 Å². The van der Waals surface area contributed by atoms with E-state index in [0.717, 1.165) is 42.1 Å². The van der Waals surface area contributed by atoms with E-state index >= 15 is 0 Å². The number of hydrogen-bond donors (Lipinski definition) is 2. The number of nitrogens with zero attached hydrogens (tertiary/aromatic N) is 1. The number of carbonyl (C=O) groups is 2. The van der Waals surface area contributed by atoms with Gasteiger partial charge in [0.1, 0.15) is 11.6 Å². The number of aryl methyl sites for hydroxylation is 1. The Bertz CT molecular complexity index is 873. The third kappa shape index (κ3) is 6.00. The molecule has 0 unspecified atom stereocenters. The molecule has 0 radical (unpaired) electrons. The Balaban J connectivity index is 1.79. The van der Waals surface area contributed by atoms with Gasteiger partial charge in [-0.05, 0) is 45.2 Å². The molecule has 164 valence electrons. The minimum atomic E-state index is -0.686. The Morgan fingerprint density at radius 1 is 1.13 bits per heavy atom. The molecule has 1 aliphatic rings. The van der Waals surface area contributed by atoms with Gasteiger partial charge in [-0.1, -0.05) is 43.9 Å². The van der Waals surface area contributed by atoms with Gasteiger partial charge in [-0.15, -0.1) is 0 Å². The van der Waals surface area contributed by atoms with Crippen LogP contribution in [-0.2, 0) is 23.0 Å². The molecule has 1 atom stereocenters. The second-order valence-corrected chi connectivity index (χ2v) is 9.38. The van der Waals surface area contributed by atoms with Gasteiger partial charge < -0.3 is 19.9 Å². The van der Waals surface area contributed by atoms with Crippen molar-refractivity contribution in [1.29, 1.82) is 0 Å². The summed E-state index contributed by atoms with van der Waals surface area (Å²) < 4.78 is 7.48. The average Bonchev–Trinajstić information content (AvgIpc) is 2.83. The van der Waals surface area contributed by atoms with E-state index in [1.165, 1.54) is 12.8 Å². The molecule has 6 heteroatoms. The van der Waals surface area contributed by atoms with Crippen LogP contribution in [0.5, 0.6) is 0 Å². The average molecular weight is 414 g/mol. The van der Waals surface area contributed by atoms with Crippen LogP contribution < -0.4 is 10.6 Å². The zero-order chi connectivity index (χ0) is 21.7. The van der Waals surface area contributed by atoms with Gasteiger partial charge in [0.25, 0.3) is 0 Å². The first-order valence-electron chi connectivity index (χ1n) is 11.1. The van der Waals surface area contributed by atoms with Gasteiger partial charge in [-0.2, -0.15) is 0 Å². The second kappa shape index (κ2) is 9.54. The van der Waals surface area contributed by atoms with Crippen LogP contribution in [0.1, 0.15) is 64.9 Å². The number of carbonyl (C=O) groups excluding carboxylic acids is 2. The van der Waals surface area contributed by atoms with Gasteiger partial charge >= 0.3 is 6.09 Å². The summed E-state index contributed by atoms with van der Waals surface area (Å²) in [5, 5.41) is 7.10. The molecule has 1 fully saturated rings. The molecule has 0 spiro atoms. The van der Waals surface area contributed by atoms with Crippen LogP contribution >= 0.6 is 0 Å². The van der Waals surface area contributed by atoms with Crippen molar-refractivity contribution < 1.29 is 14.3 Å². The molecule has 2 amide bonds. The van der Waals surface area contributed by atoms with E-state index in [0.29, 0.717) is 6.42 Å². The van der Waals surface area contributed by atoms with Crippen LogP contribution in [0.4, 0.5) is 4.79 Å². The monoisotopic (exact) mass is 413 g/mol. The smallest absolute Gasteiger partial charge is 0.408 e. The van der Waals surface area contributed by atoms with E-state index in [4.69, 9.17) is 4.74 Å².